The lowest BCUT2D eigenvalue weighted by Crippen LogP contribution is -2.34. The van der Waals surface area contributed by atoms with Crippen molar-refractivity contribution in [1.29, 1.82) is 0 Å². The Balaban J connectivity index is 5.20. The molecule has 0 aliphatic heterocycles. The predicted octanol–water partition coefficient (Wildman–Crippen LogP) is 6.69. The van der Waals surface area contributed by atoms with Gasteiger partial charge in [-0.15, -0.1) is 0 Å². The van der Waals surface area contributed by atoms with Gasteiger partial charge in [-0.1, -0.05) is 75.7 Å². The van der Waals surface area contributed by atoms with Gasteiger partial charge >= 0.3 is 0 Å². The molecule has 0 heteroatoms. The van der Waals surface area contributed by atoms with Crippen LogP contribution in [0.5, 0.6) is 0 Å². The quantitative estimate of drug-likeness (QED) is 0.524. The molecule has 0 aromatic heterocycles. The molecule has 0 saturated carbocycles. The van der Waals surface area contributed by atoms with Crippen LogP contribution in [-0.4, -0.2) is 0 Å². The summed E-state index contributed by atoms with van der Waals surface area (Å²) in [5.41, 5.74) is 1.76. The molecular weight excluding hydrogens is 216 g/mol. The van der Waals surface area contributed by atoms with Gasteiger partial charge in [0.25, 0.3) is 0 Å². The average Bonchev–Trinajstić information content (AvgIpc) is 1.93. The smallest absolute Gasteiger partial charge is 0.0285 e. The second-order valence-corrected chi connectivity index (χ2v) is 10.1. The first kappa shape index (κ1) is 18.0. The highest BCUT2D eigenvalue weighted by Gasteiger charge is 2.39. The van der Waals surface area contributed by atoms with Crippen LogP contribution < -0.4 is 0 Å². The highest BCUT2D eigenvalue weighted by Crippen LogP contribution is 2.50. The summed E-state index contributed by atoms with van der Waals surface area (Å²) in [7, 11) is 0. The Morgan fingerprint density at radius 2 is 0.722 bits per heavy atom. The van der Waals surface area contributed by atoms with Crippen molar-refractivity contribution in [1.82, 2.24) is 0 Å². The van der Waals surface area contributed by atoms with E-state index in [0.717, 1.165) is 0 Å². The largest absolute Gasteiger partial charge is 0.0649 e. The maximum Gasteiger partial charge on any atom is -0.0285 e. The highest BCUT2D eigenvalue weighted by atomic mass is 14.4. The third kappa shape index (κ3) is 8.16. The van der Waals surface area contributed by atoms with Crippen molar-refractivity contribution in [3.05, 3.63) is 0 Å². The van der Waals surface area contributed by atoms with Crippen molar-refractivity contribution in [2.75, 3.05) is 0 Å². The van der Waals surface area contributed by atoms with E-state index in [2.05, 4.69) is 69.2 Å². The van der Waals surface area contributed by atoms with Crippen molar-refractivity contribution < 1.29 is 0 Å². The van der Waals surface area contributed by atoms with Gasteiger partial charge in [-0.25, -0.2) is 0 Å². The summed E-state index contributed by atoms with van der Waals surface area (Å²) in [5.74, 6) is 0. The molecule has 0 radical (unpaired) electrons. The monoisotopic (exact) mass is 254 g/mol. The molecule has 0 saturated heterocycles. The molecule has 0 atom stereocenters. The van der Waals surface area contributed by atoms with Crippen molar-refractivity contribution in [3.63, 3.8) is 0 Å². The summed E-state index contributed by atoms with van der Waals surface area (Å²) in [4.78, 5) is 0. The van der Waals surface area contributed by atoms with Gasteiger partial charge < -0.3 is 0 Å². The Kier molecular flexibility index (Phi) is 5.55. The maximum atomic E-state index is 2.39. The first-order chi connectivity index (χ1) is 7.68. The van der Waals surface area contributed by atoms with E-state index in [1.54, 1.807) is 0 Å². The van der Waals surface area contributed by atoms with Crippen LogP contribution >= 0.6 is 0 Å². The lowest BCUT2D eigenvalue weighted by atomic mass is 9.60. The van der Waals surface area contributed by atoms with E-state index in [9.17, 15) is 0 Å². The third-order valence-electron chi connectivity index (χ3n) is 3.47. The van der Waals surface area contributed by atoms with E-state index in [1.807, 2.05) is 0 Å². The van der Waals surface area contributed by atoms with Crippen molar-refractivity contribution in [2.45, 2.75) is 94.9 Å². The van der Waals surface area contributed by atoms with Gasteiger partial charge in [0.15, 0.2) is 0 Å². The zero-order valence-corrected chi connectivity index (χ0v) is 14.8. The van der Waals surface area contributed by atoms with E-state index < -0.39 is 0 Å². The lowest BCUT2D eigenvalue weighted by Gasteiger charge is -2.45. The molecule has 0 aromatic carbocycles. The molecule has 0 aromatic rings. The first-order valence-corrected chi connectivity index (χ1v) is 7.68. The van der Waals surface area contributed by atoms with Crippen molar-refractivity contribution in [3.8, 4) is 0 Å². The minimum Gasteiger partial charge on any atom is -0.0649 e. The van der Waals surface area contributed by atoms with E-state index in [1.165, 1.54) is 25.7 Å². The first-order valence-electron chi connectivity index (χ1n) is 7.68. The van der Waals surface area contributed by atoms with Crippen LogP contribution in [0.3, 0.4) is 0 Å². The summed E-state index contributed by atoms with van der Waals surface area (Å²) in [5, 5.41) is 0. The van der Waals surface area contributed by atoms with E-state index in [0.29, 0.717) is 21.7 Å². The summed E-state index contributed by atoms with van der Waals surface area (Å²) < 4.78 is 0. The number of rotatable bonds is 4. The number of hydrogen-bond donors (Lipinski definition) is 0. The molecule has 0 rings (SSSR count). The molecule has 0 amide bonds. The minimum atomic E-state index is 0.423. The van der Waals surface area contributed by atoms with Crippen LogP contribution in [0.25, 0.3) is 0 Å². The zero-order valence-electron chi connectivity index (χ0n) is 14.8. The van der Waals surface area contributed by atoms with E-state index in [-0.39, 0.29) is 0 Å². The van der Waals surface area contributed by atoms with Crippen LogP contribution in [0.1, 0.15) is 94.9 Å². The third-order valence-corrected chi connectivity index (χ3v) is 3.47. The fraction of sp³-hybridized carbons (Fsp3) is 1.00. The summed E-state index contributed by atoms with van der Waals surface area (Å²) in [6, 6.07) is 0. The fourth-order valence-electron chi connectivity index (χ4n) is 3.94. The van der Waals surface area contributed by atoms with Gasteiger partial charge in [-0.3, -0.25) is 0 Å². The molecule has 0 aliphatic carbocycles. The van der Waals surface area contributed by atoms with Crippen molar-refractivity contribution >= 4 is 0 Å². The fourth-order valence-corrected chi connectivity index (χ4v) is 3.94. The topological polar surface area (TPSA) is 0 Å². The molecule has 0 N–H and O–H groups in total. The Hall–Kier alpha value is 0. The SMILES string of the molecule is CCC(CC(C)(C)C)(CC(C)(C)C)CC(C)(C)C. The molecule has 0 bridgehead atoms. The second kappa shape index (κ2) is 5.55. The molecule has 0 unspecified atom stereocenters. The van der Waals surface area contributed by atoms with E-state index in [4.69, 9.17) is 0 Å². The van der Waals surface area contributed by atoms with Gasteiger partial charge in [-0.05, 0) is 40.9 Å². The molecule has 0 heterocycles. The molecule has 18 heavy (non-hydrogen) atoms. The summed E-state index contributed by atoms with van der Waals surface area (Å²) in [6.45, 7) is 23.9. The number of hydrogen-bond acceptors (Lipinski definition) is 0. The van der Waals surface area contributed by atoms with Crippen LogP contribution in [0.2, 0.25) is 0 Å². The maximum absolute atomic E-state index is 2.39. The summed E-state index contributed by atoms with van der Waals surface area (Å²) >= 11 is 0. The van der Waals surface area contributed by atoms with Crippen LogP contribution in [0.15, 0.2) is 0 Å². The average molecular weight is 255 g/mol. The van der Waals surface area contributed by atoms with Gasteiger partial charge in [0.2, 0.25) is 0 Å². The van der Waals surface area contributed by atoms with Gasteiger partial charge in [0, 0.05) is 0 Å². The molecule has 0 spiro atoms. The Morgan fingerprint density at radius 1 is 0.500 bits per heavy atom. The second-order valence-electron chi connectivity index (χ2n) is 10.1. The lowest BCUT2D eigenvalue weighted by molar-refractivity contribution is 0.0543. The Labute approximate surface area is 117 Å². The predicted molar refractivity (Wildman–Crippen MR) is 84.9 cm³/mol. The van der Waals surface area contributed by atoms with Crippen LogP contribution in [0.4, 0.5) is 0 Å². The Bertz CT molecular complexity index is 198. The van der Waals surface area contributed by atoms with Gasteiger partial charge in [-0.2, -0.15) is 0 Å². The molecule has 0 aliphatic rings. The van der Waals surface area contributed by atoms with Gasteiger partial charge in [0.05, 0.1) is 0 Å². The molecular formula is C18H38. The minimum absolute atomic E-state index is 0.423. The Morgan fingerprint density at radius 3 is 0.833 bits per heavy atom. The van der Waals surface area contributed by atoms with Crippen LogP contribution in [0, 0.1) is 21.7 Å². The molecule has 0 nitrogen and oxygen atoms in total. The van der Waals surface area contributed by atoms with E-state index >= 15 is 0 Å². The molecule has 0 fully saturated rings. The van der Waals surface area contributed by atoms with Crippen molar-refractivity contribution in [2.24, 2.45) is 21.7 Å². The standard InChI is InChI=1S/C18H38/c1-11-18(12-15(2,3)4,13-16(5,6)7)14-17(8,9)10/h11-14H2,1-10H3. The normalized spacial score (nSPS) is 15.0. The zero-order chi connectivity index (χ0) is 14.8. The van der Waals surface area contributed by atoms with Crippen LogP contribution in [-0.2, 0) is 0 Å². The molecule has 110 valence electrons. The highest BCUT2D eigenvalue weighted by molar-refractivity contribution is 4.90. The van der Waals surface area contributed by atoms with Gasteiger partial charge in [0.1, 0.15) is 0 Å². The summed E-state index contributed by atoms with van der Waals surface area (Å²) in [6.07, 6.45) is 5.32.